The minimum Gasteiger partial charge on any atom is -0.466 e. The molecule has 1 aromatic rings. The molecule has 1 atom stereocenters. The molecular formula is C15H22N2O6. The summed E-state index contributed by atoms with van der Waals surface area (Å²) < 4.78 is 12.0. The molecule has 0 saturated carbocycles. The molecule has 0 amide bonds. The number of ether oxygens (including phenoxy) is 2. The predicted molar refractivity (Wildman–Crippen MR) is 82.3 cm³/mol. The molecule has 0 fully saturated rings. The van der Waals surface area contributed by atoms with Gasteiger partial charge in [-0.05, 0) is 20.8 Å². The number of aromatic nitrogens is 2. The van der Waals surface area contributed by atoms with E-state index in [9.17, 15) is 19.2 Å². The lowest BCUT2D eigenvalue weighted by Crippen LogP contribution is -2.42. The number of hydrogen-bond acceptors (Lipinski definition) is 6. The zero-order chi connectivity index (χ0) is 17.7. The summed E-state index contributed by atoms with van der Waals surface area (Å²) in [4.78, 5) is 48.4. The molecular weight excluding hydrogens is 304 g/mol. The Morgan fingerprint density at radius 2 is 1.61 bits per heavy atom. The van der Waals surface area contributed by atoms with Crippen molar-refractivity contribution < 1.29 is 19.1 Å². The zero-order valence-corrected chi connectivity index (χ0v) is 14.0. The highest BCUT2D eigenvalue weighted by Gasteiger charge is 2.31. The van der Waals surface area contributed by atoms with Crippen LogP contribution in [0.1, 0.15) is 37.4 Å². The van der Waals surface area contributed by atoms with Gasteiger partial charge in [0.1, 0.15) is 0 Å². The van der Waals surface area contributed by atoms with E-state index in [1.165, 1.54) is 18.7 Å². The Balaban J connectivity index is 3.49. The Bertz CT molecular complexity index is 716. The van der Waals surface area contributed by atoms with Crippen molar-refractivity contribution in [3.63, 3.8) is 0 Å². The first-order valence-electron chi connectivity index (χ1n) is 7.34. The second-order valence-electron chi connectivity index (χ2n) is 5.02. The summed E-state index contributed by atoms with van der Waals surface area (Å²) in [5.74, 6) is -2.42. The minimum atomic E-state index is -1.11. The van der Waals surface area contributed by atoms with Gasteiger partial charge in [-0.2, -0.15) is 0 Å². The van der Waals surface area contributed by atoms with Gasteiger partial charge in [-0.1, -0.05) is 0 Å². The van der Waals surface area contributed by atoms with Crippen molar-refractivity contribution in [1.82, 2.24) is 9.13 Å². The maximum absolute atomic E-state index is 12.4. The molecule has 0 aromatic carbocycles. The van der Waals surface area contributed by atoms with Crippen LogP contribution in [0, 0.1) is 6.92 Å². The average molecular weight is 326 g/mol. The standard InChI is InChI=1S/C15H22N2O6/c1-6-22-11(18)8-10(14(20)23-7-2)12-9(3)16(4)15(21)17(5)13(12)19/h10H,6-8H2,1-5H3/t10-/m1/s1. The molecule has 8 nitrogen and oxygen atoms in total. The Hall–Kier alpha value is -2.38. The maximum Gasteiger partial charge on any atom is 0.330 e. The second-order valence-corrected chi connectivity index (χ2v) is 5.02. The fourth-order valence-electron chi connectivity index (χ4n) is 2.31. The molecule has 23 heavy (non-hydrogen) atoms. The first kappa shape index (κ1) is 18.7. The lowest BCUT2D eigenvalue weighted by Gasteiger charge is -2.19. The lowest BCUT2D eigenvalue weighted by atomic mass is 9.95. The topological polar surface area (TPSA) is 96.6 Å². The fourth-order valence-corrected chi connectivity index (χ4v) is 2.31. The summed E-state index contributed by atoms with van der Waals surface area (Å²) in [5.41, 5.74) is -0.732. The van der Waals surface area contributed by atoms with E-state index in [1.807, 2.05) is 0 Å². The molecule has 0 radical (unpaired) electrons. The highest BCUT2D eigenvalue weighted by atomic mass is 16.5. The Morgan fingerprint density at radius 3 is 2.13 bits per heavy atom. The highest BCUT2D eigenvalue weighted by molar-refractivity contribution is 5.84. The molecule has 0 aliphatic carbocycles. The van der Waals surface area contributed by atoms with Crippen LogP contribution in [0.5, 0.6) is 0 Å². The van der Waals surface area contributed by atoms with Crippen molar-refractivity contribution in [2.75, 3.05) is 13.2 Å². The lowest BCUT2D eigenvalue weighted by molar-refractivity contribution is -0.151. The molecule has 0 N–H and O–H groups in total. The summed E-state index contributed by atoms with van der Waals surface area (Å²) >= 11 is 0. The first-order chi connectivity index (χ1) is 10.8. The van der Waals surface area contributed by atoms with Crippen LogP contribution in [0.4, 0.5) is 0 Å². The maximum atomic E-state index is 12.4. The van der Waals surface area contributed by atoms with Gasteiger partial charge in [0.15, 0.2) is 0 Å². The van der Waals surface area contributed by atoms with Crippen molar-refractivity contribution in [3.05, 3.63) is 32.1 Å². The minimum absolute atomic E-state index is 0.0705. The Labute approximate surface area is 133 Å². The van der Waals surface area contributed by atoms with Crippen molar-refractivity contribution >= 4 is 11.9 Å². The van der Waals surface area contributed by atoms with Gasteiger partial charge in [0, 0.05) is 19.8 Å². The average Bonchev–Trinajstić information content (AvgIpc) is 2.50. The SMILES string of the molecule is CCOC(=O)C[C@@H](C(=O)OCC)c1c(C)n(C)c(=O)n(C)c1=O. The van der Waals surface area contributed by atoms with Gasteiger partial charge in [-0.3, -0.25) is 19.0 Å². The molecule has 1 aromatic heterocycles. The van der Waals surface area contributed by atoms with Crippen LogP contribution in [0.15, 0.2) is 9.59 Å². The molecule has 0 aliphatic rings. The van der Waals surface area contributed by atoms with Gasteiger partial charge in [-0.15, -0.1) is 0 Å². The summed E-state index contributed by atoms with van der Waals surface area (Å²) in [6, 6.07) is 0. The predicted octanol–water partition coefficient (Wildman–Crippen LogP) is -0.00768. The highest BCUT2D eigenvalue weighted by Crippen LogP contribution is 2.21. The van der Waals surface area contributed by atoms with Crippen LogP contribution >= 0.6 is 0 Å². The van der Waals surface area contributed by atoms with E-state index in [0.29, 0.717) is 5.69 Å². The van der Waals surface area contributed by atoms with Crippen LogP contribution in [-0.2, 0) is 33.2 Å². The van der Waals surface area contributed by atoms with E-state index in [-0.39, 0.29) is 25.2 Å². The van der Waals surface area contributed by atoms with Gasteiger partial charge < -0.3 is 14.0 Å². The van der Waals surface area contributed by atoms with Crippen molar-refractivity contribution in [3.8, 4) is 0 Å². The Kier molecular flexibility index (Phi) is 6.29. The van der Waals surface area contributed by atoms with E-state index >= 15 is 0 Å². The normalized spacial score (nSPS) is 11.9. The number of hydrogen-bond donors (Lipinski definition) is 0. The molecule has 128 valence electrons. The van der Waals surface area contributed by atoms with Crippen molar-refractivity contribution in [1.29, 1.82) is 0 Å². The summed E-state index contributed by atoms with van der Waals surface area (Å²) in [6.07, 6.45) is -0.318. The van der Waals surface area contributed by atoms with E-state index < -0.39 is 29.1 Å². The van der Waals surface area contributed by atoms with Crippen LogP contribution in [0.3, 0.4) is 0 Å². The fraction of sp³-hybridized carbons (Fsp3) is 0.600. The van der Waals surface area contributed by atoms with E-state index in [0.717, 1.165) is 4.57 Å². The van der Waals surface area contributed by atoms with E-state index in [4.69, 9.17) is 9.47 Å². The molecule has 0 saturated heterocycles. The summed E-state index contributed by atoms with van der Waals surface area (Å²) in [5, 5.41) is 0. The summed E-state index contributed by atoms with van der Waals surface area (Å²) in [7, 11) is 2.81. The number of nitrogens with zero attached hydrogens (tertiary/aromatic N) is 2. The number of carbonyl (C=O) groups is 2. The number of esters is 2. The van der Waals surface area contributed by atoms with E-state index in [2.05, 4.69) is 0 Å². The van der Waals surface area contributed by atoms with Gasteiger partial charge >= 0.3 is 17.6 Å². The van der Waals surface area contributed by atoms with Gasteiger partial charge in [0.05, 0.1) is 31.1 Å². The first-order valence-corrected chi connectivity index (χ1v) is 7.34. The number of carbonyl (C=O) groups excluding carboxylic acids is 2. The van der Waals surface area contributed by atoms with Crippen LogP contribution in [-0.4, -0.2) is 34.3 Å². The molecule has 8 heteroatoms. The second kappa shape index (κ2) is 7.75. The van der Waals surface area contributed by atoms with Crippen molar-refractivity contribution in [2.45, 2.75) is 33.1 Å². The van der Waals surface area contributed by atoms with Gasteiger partial charge in [-0.25, -0.2) is 4.79 Å². The molecule has 0 aliphatic heterocycles. The molecule has 0 unspecified atom stereocenters. The zero-order valence-electron chi connectivity index (χ0n) is 14.0. The molecule has 1 rings (SSSR count). The third kappa shape index (κ3) is 3.88. The van der Waals surface area contributed by atoms with Crippen LogP contribution in [0.2, 0.25) is 0 Å². The smallest absolute Gasteiger partial charge is 0.330 e. The quantitative estimate of drug-likeness (QED) is 0.682. The molecule has 1 heterocycles. The number of rotatable bonds is 6. The van der Waals surface area contributed by atoms with Gasteiger partial charge in [0.25, 0.3) is 5.56 Å². The Morgan fingerprint density at radius 1 is 1.04 bits per heavy atom. The van der Waals surface area contributed by atoms with Crippen molar-refractivity contribution in [2.24, 2.45) is 14.1 Å². The monoisotopic (exact) mass is 326 g/mol. The molecule has 0 bridgehead atoms. The van der Waals surface area contributed by atoms with Crippen LogP contribution in [0.25, 0.3) is 0 Å². The largest absolute Gasteiger partial charge is 0.466 e. The third-order valence-electron chi connectivity index (χ3n) is 3.60. The van der Waals surface area contributed by atoms with E-state index in [1.54, 1.807) is 20.8 Å². The summed E-state index contributed by atoms with van der Waals surface area (Å²) in [6.45, 7) is 5.11. The molecule has 0 spiro atoms. The van der Waals surface area contributed by atoms with Gasteiger partial charge in [0.2, 0.25) is 0 Å². The third-order valence-corrected chi connectivity index (χ3v) is 3.60. The van der Waals surface area contributed by atoms with Crippen LogP contribution < -0.4 is 11.2 Å².